The molecule has 2 rings (SSSR count). The van der Waals surface area contributed by atoms with Crippen LogP contribution in [0.15, 0.2) is 30.3 Å². The van der Waals surface area contributed by atoms with Crippen LogP contribution in [0.2, 0.25) is 0 Å². The molecule has 0 saturated heterocycles. The Hall–Kier alpha value is -1.28. The highest BCUT2D eigenvalue weighted by molar-refractivity contribution is 6.33. The fourth-order valence-electron chi connectivity index (χ4n) is 2.57. The van der Waals surface area contributed by atoms with Crippen LogP contribution >= 0.6 is 11.6 Å². The van der Waals surface area contributed by atoms with Gasteiger partial charge in [0.1, 0.15) is 5.38 Å². The SMILES string of the molecule is CC1=CC(C)(C)N(C(=O)C(C)Cl)c2ccccc21. The lowest BCUT2D eigenvalue weighted by Gasteiger charge is -2.42. The molecule has 0 spiro atoms. The Bertz CT molecular complexity index is 517. The number of halogens is 1. The molecule has 3 heteroatoms. The van der Waals surface area contributed by atoms with Crippen molar-refractivity contribution < 1.29 is 4.79 Å². The van der Waals surface area contributed by atoms with Gasteiger partial charge in [-0.05, 0) is 39.3 Å². The van der Waals surface area contributed by atoms with E-state index in [1.54, 1.807) is 11.8 Å². The average Bonchev–Trinajstić information content (AvgIpc) is 2.27. The van der Waals surface area contributed by atoms with E-state index in [9.17, 15) is 4.79 Å². The number of carbonyl (C=O) groups is 1. The largest absolute Gasteiger partial charge is 0.301 e. The third-order valence-electron chi connectivity index (χ3n) is 3.28. The maximum atomic E-state index is 12.3. The second-order valence-electron chi connectivity index (χ2n) is 5.29. The standard InChI is InChI=1S/C15H18ClNO/c1-10-9-15(3,4)17(14(18)11(2)16)13-8-6-5-7-12(10)13/h5-9,11H,1-4H3. The smallest absolute Gasteiger partial charge is 0.245 e. The van der Waals surface area contributed by atoms with Crippen LogP contribution in [-0.4, -0.2) is 16.8 Å². The number of allylic oxidation sites excluding steroid dienone is 1. The van der Waals surface area contributed by atoms with Crippen LogP contribution in [0.25, 0.3) is 5.57 Å². The summed E-state index contributed by atoms with van der Waals surface area (Å²) in [6.45, 7) is 7.85. The Morgan fingerprint density at radius 1 is 1.33 bits per heavy atom. The summed E-state index contributed by atoms with van der Waals surface area (Å²) in [5, 5.41) is -0.524. The second-order valence-corrected chi connectivity index (χ2v) is 5.94. The molecule has 0 radical (unpaired) electrons. The first-order valence-electron chi connectivity index (χ1n) is 6.11. The van der Waals surface area contributed by atoms with Crippen molar-refractivity contribution in [2.75, 3.05) is 4.90 Å². The first kappa shape index (κ1) is 13.2. The van der Waals surface area contributed by atoms with Crippen LogP contribution in [0.4, 0.5) is 5.69 Å². The van der Waals surface area contributed by atoms with E-state index >= 15 is 0 Å². The number of benzene rings is 1. The van der Waals surface area contributed by atoms with Crippen molar-refractivity contribution in [3.05, 3.63) is 35.9 Å². The summed E-state index contributed by atoms with van der Waals surface area (Å²) < 4.78 is 0. The number of amides is 1. The summed E-state index contributed by atoms with van der Waals surface area (Å²) in [6.07, 6.45) is 2.12. The molecule has 2 nitrogen and oxygen atoms in total. The van der Waals surface area contributed by atoms with E-state index < -0.39 is 5.38 Å². The molecule has 96 valence electrons. The van der Waals surface area contributed by atoms with Crippen LogP contribution in [0.1, 0.15) is 33.3 Å². The van der Waals surface area contributed by atoms with Crippen molar-refractivity contribution >= 4 is 28.8 Å². The number of hydrogen-bond acceptors (Lipinski definition) is 1. The highest BCUT2D eigenvalue weighted by Gasteiger charge is 2.36. The van der Waals surface area contributed by atoms with E-state index in [-0.39, 0.29) is 11.4 Å². The zero-order valence-corrected chi connectivity index (χ0v) is 12.0. The molecule has 0 bridgehead atoms. The van der Waals surface area contributed by atoms with Crippen LogP contribution in [0, 0.1) is 0 Å². The van der Waals surface area contributed by atoms with Gasteiger partial charge in [0.15, 0.2) is 0 Å². The van der Waals surface area contributed by atoms with E-state index in [4.69, 9.17) is 11.6 Å². The average molecular weight is 264 g/mol. The van der Waals surface area contributed by atoms with Crippen LogP contribution in [0.5, 0.6) is 0 Å². The lowest BCUT2D eigenvalue weighted by Crippen LogP contribution is -2.51. The first-order valence-corrected chi connectivity index (χ1v) is 6.55. The van der Waals surface area contributed by atoms with Gasteiger partial charge in [-0.1, -0.05) is 24.3 Å². The molecule has 1 atom stereocenters. The Morgan fingerprint density at radius 3 is 2.56 bits per heavy atom. The Labute approximate surface area is 113 Å². The zero-order valence-electron chi connectivity index (χ0n) is 11.2. The molecule has 1 aliphatic rings. The molecule has 1 heterocycles. The van der Waals surface area contributed by atoms with Gasteiger partial charge in [0.25, 0.3) is 0 Å². The molecule has 1 amide bonds. The third kappa shape index (κ3) is 2.05. The minimum absolute atomic E-state index is 0.0575. The maximum absolute atomic E-state index is 12.3. The normalized spacial score (nSPS) is 18.9. The lowest BCUT2D eigenvalue weighted by atomic mass is 9.88. The molecule has 18 heavy (non-hydrogen) atoms. The molecule has 0 N–H and O–H groups in total. The number of carbonyl (C=O) groups excluding carboxylic acids is 1. The number of hydrogen-bond donors (Lipinski definition) is 0. The minimum atomic E-state index is -0.524. The predicted octanol–water partition coefficient (Wildman–Crippen LogP) is 3.84. The Morgan fingerprint density at radius 2 is 1.94 bits per heavy atom. The Kier molecular flexibility index (Phi) is 3.24. The number of rotatable bonds is 1. The molecule has 1 aromatic carbocycles. The van der Waals surface area contributed by atoms with Gasteiger partial charge >= 0.3 is 0 Å². The molecule has 0 aromatic heterocycles. The summed E-state index contributed by atoms with van der Waals surface area (Å²) >= 11 is 5.98. The summed E-state index contributed by atoms with van der Waals surface area (Å²) in [5.74, 6) is -0.0575. The number of nitrogens with zero attached hydrogens (tertiary/aromatic N) is 1. The van der Waals surface area contributed by atoms with E-state index in [1.807, 2.05) is 38.1 Å². The van der Waals surface area contributed by atoms with Crippen molar-refractivity contribution in [3.8, 4) is 0 Å². The monoisotopic (exact) mass is 263 g/mol. The molecular formula is C15H18ClNO. The highest BCUT2D eigenvalue weighted by Crippen LogP contribution is 2.39. The molecule has 1 unspecified atom stereocenters. The van der Waals surface area contributed by atoms with Crippen molar-refractivity contribution in [2.24, 2.45) is 0 Å². The quantitative estimate of drug-likeness (QED) is 0.705. The molecular weight excluding hydrogens is 246 g/mol. The van der Waals surface area contributed by atoms with Gasteiger partial charge in [-0.2, -0.15) is 0 Å². The maximum Gasteiger partial charge on any atom is 0.245 e. The molecule has 0 aliphatic carbocycles. The van der Waals surface area contributed by atoms with Gasteiger partial charge in [0.2, 0.25) is 5.91 Å². The number of fused-ring (bicyclic) bond motifs is 1. The van der Waals surface area contributed by atoms with E-state index in [0.29, 0.717) is 0 Å². The van der Waals surface area contributed by atoms with E-state index in [2.05, 4.69) is 13.0 Å². The molecule has 0 fully saturated rings. The van der Waals surface area contributed by atoms with Gasteiger partial charge in [0.05, 0.1) is 11.2 Å². The van der Waals surface area contributed by atoms with Gasteiger partial charge in [-0.3, -0.25) is 4.79 Å². The summed E-state index contributed by atoms with van der Waals surface area (Å²) in [4.78, 5) is 14.1. The van der Waals surface area contributed by atoms with Crippen LogP contribution in [0.3, 0.4) is 0 Å². The minimum Gasteiger partial charge on any atom is -0.301 e. The van der Waals surface area contributed by atoms with Gasteiger partial charge < -0.3 is 4.90 Å². The fraction of sp³-hybridized carbons (Fsp3) is 0.400. The second kappa shape index (κ2) is 4.43. The van der Waals surface area contributed by atoms with Crippen LogP contribution < -0.4 is 4.90 Å². The molecule has 1 aliphatic heterocycles. The van der Waals surface area contributed by atoms with Crippen molar-refractivity contribution in [1.82, 2.24) is 0 Å². The third-order valence-corrected chi connectivity index (χ3v) is 3.46. The van der Waals surface area contributed by atoms with Crippen molar-refractivity contribution in [2.45, 2.75) is 38.6 Å². The Balaban J connectivity index is 2.61. The summed E-state index contributed by atoms with van der Waals surface area (Å²) in [6, 6.07) is 7.95. The zero-order chi connectivity index (χ0) is 13.5. The van der Waals surface area contributed by atoms with Crippen LogP contribution in [-0.2, 0) is 4.79 Å². The van der Waals surface area contributed by atoms with Gasteiger partial charge in [0, 0.05) is 5.56 Å². The number of para-hydroxylation sites is 1. The number of anilines is 1. The summed E-state index contributed by atoms with van der Waals surface area (Å²) in [7, 11) is 0. The highest BCUT2D eigenvalue weighted by atomic mass is 35.5. The molecule has 0 saturated carbocycles. The molecule has 1 aromatic rings. The predicted molar refractivity (Wildman–Crippen MR) is 77.0 cm³/mol. The van der Waals surface area contributed by atoms with E-state index in [0.717, 1.165) is 11.3 Å². The topological polar surface area (TPSA) is 20.3 Å². The summed E-state index contributed by atoms with van der Waals surface area (Å²) in [5.41, 5.74) is 2.89. The fourth-order valence-corrected chi connectivity index (χ4v) is 2.66. The van der Waals surface area contributed by atoms with E-state index in [1.165, 1.54) is 5.57 Å². The number of alkyl halides is 1. The van der Waals surface area contributed by atoms with Crippen molar-refractivity contribution in [3.63, 3.8) is 0 Å². The first-order chi connectivity index (χ1) is 8.34. The van der Waals surface area contributed by atoms with Gasteiger partial charge in [-0.25, -0.2) is 0 Å². The lowest BCUT2D eigenvalue weighted by molar-refractivity contribution is -0.118. The van der Waals surface area contributed by atoms with Gasteiger partial charge in [-0.15, -0.1) is 11.6 Å². The van der Waals surface area contributed by atoms with Crippen molar-refractivity contribution in [1.29, 1.82) is 0 Å².